The molecule has 7 heteroatoms. The first-order chi connectivity index (χ1) is 6.88. The fourth-order valence-electron chi connectivity index (χ4n) is 0.797. The Hall–Kier alpha value is -1.79. The molecule has 0 aliphatic rings. The van der Waals surface area contributed by atoms with Gasteiger partial charge in [0.2, 0.25) is 11.8 Å². The first-order valence-electron chi connectivity index (χ1n) is 3.84. The molecular formula is C8H7F3N2O2. The van der Waals surface area contributed by atoms with Crippen LogP contribution in [0, 0.1) is 0 Å². The van der Waals surface area contributed by atoms with Crippen molar-refractivity contribution in [2.45, 2.75) is 6.18 Å². The number of rotatable bonds is 3. The minimum Gasteiger partial charge on any atom is -0.468 e. The lowest BCUT2D eigenvalue weighted by atomic mass is 10.2. The third-order valence-corrected chi connectivity index (χ3v) is 1.40. The molecule has 1 rings (SSSR count). The topological polar surface area (TPSA) is 65.2 Å². The maximum absolute atomic E-state index is 11.8. The van der Waals surface area contributed by atoms with Crippen molar-refractivity contribution in [3.8, 4) is 5.88 Å². The highest BCUT2D eigenvalue weighted by Crippen LogP contribution is 2.17. The second-order valence-corrected chi connectivity index (χ2v) is 2.65. The predicted molar refractivity (Wildman–Crippen MR) is 44.3 cm³/mol. The molecule has 0 saturated heterocycles. The van der Waals surface area contributed by atoms with Crippen LogP contribution in [-0.4, -0.2) is 23.7 Å². The number of carbonyl (C=O) groups excluding carboxylic acids is 1. The number of hydrogen-bond acceptors (Lipinski definition) is 3. The maximum atomic E-state index is 11.8. The second-order valence-electron chi connectivity index (χ2n) is 2.65. The summed E-state index contributed by atoms with van der Waals surface area (Å²) in [6.45, 7) is -1.46. The van der Waals surface area contributed by atoms with Crippen molar-refractivity contribution >= 4 is 5.91 Å². The highest BCUT2D eigenvalue weighted by Gasteiger charge is 2.28. The van der Waals surface area contributed by atoms with Crippen molar-refractivity contribution < 1.29 is 22.7 Å². The van der Waals surface area contributed by atoms with Gasteiger partial charge >= 0.3 is 6.18 Å². The monoisotopic (exact) mass is 220 g/mol. The lowest BCUT2D eigenvalue weighted by Crippen LogP contribution is -2.20. The van der Waals surface area contributed by atoms with Gasteiger partial charge in [0.25, 0.3) is 0 Å². The highest BCUT2D eigenvalue weighted by atomic mass is 19.4. The van der Waals surface area contributed by atoms with E-state index in [2.05, 4.69) is 9.72 Å². The molecule has 15 heavy (non-hydrogen) atoms. The molecule has 0 atom stereocenters. The Labute approximate surface area is 82.9 Å². The molecule has 1 amide bonds. The Bertz CT molecular complexity index is 365. The van der Waals surface area contributed by atoms with Gasteiger partial charge < -0.3 is 10.5 Å². The molecule has 0 radical (unpaired) electrons. The molecule has 2 N–H and O–H groups in total. The minimum atomic E-state index is -4.44. The number of ether oxygens (including phenoxy) is 1. The van der Waals surface area contributed by atoms with E-state index >= 15 is 0 Å². The number of amides is 1. The number of nitrogens with zero attached hydrogens (tertiary/aromatic N) is 1. The van der Waals surface area contributed by atoms with Crippen LogP contribution in [0.3, 0.4) is 0 Å². The zero-order valence-corrected chi connectivity index (χ0v) is 7.41. The summed E-state index contributed by atoms with van der Waals surface area (Å²) in [7, 11) is 0. The van der Waals surface area contributed by atoms with Crippen LogP contribution in [-0.2, 0) is 0 Å². The first kappa shape index (κ1) is 11.3. The van der Waals surface area contributed by atoms with E-state index in [-0.39, 0.29) is 11.4 Å². The van der Waals surface area contributed by atoms with Crippen molar-refractivity contribution in [3.05, 3.63) is 23.9 Å². The summed E-state index contributed by atoms with van der Waals surface area (Å²) in [5.74, 6) is -1.04. The van der Waals surface area contributed by atoms with Crippen molar-refractivity contribution in [1.82, 2.24) is 4.98 Å². The summed E-state index contributed by atoms with van der Waals surface area (Å²) < 4.78 is 39.6. The molecule has 0 aliphatic carbocycles. The molecule has 0 fully saturated rings. The number of nitrogens with two attached hydrogens (primary N) is 1. The van der Waals surface area contributed by atoms with Crippen molar-refractivity contribution in [2.24, 2.45) is 5.73 Å². The van der Waals surface area contributed by atoms with Gasteiger partial charge in [-0.1, -0.05) is 0 Å². The van der Waals surface area contributed by atoms with Gasteiger partial charge in [-0.15, -0.1) is 0 Å². The van der Waals surface area contributed by atoms with Gasteiger partial charge in [0.05, 0.1) is 0 Å². The standard InChI is InChI=1S/C8H7F3N2O2/c9-8(10,11)4-15-6-3-5(7(12)14)1-2-13-6/h1-3H,4H2,(H2,12,14). The van der Waals surface area contributed by atoms with Gasteiger partial charge in [0, 0.05) is 17.8 Å². The molecule has 1 aromatic rings. The van der Waals surface area contributed by atoms with Gasteiger partial charge in [-0.3, -0.25) is 4.79 Å². The van der Waals surface area contributed by atoms with E-state index in [1.807, 2.05) is 0 Å². The second kappa shape index (κ2) is 4.16. The van der Waals surface area contributed by atoms with Gasteiger partial charge in [-0.2, -0.15) is 13.2 Å². The third kappa shape index (κ3) is 3.84. The van der Waals surface area contributed by atoms with E-state index in [1.54, 1.807) is 0 Å². The van der Waals surface area contributed by atoms with Crippen molar-refractivity contribution in [3.63, 3.8) is 0 Å². The summed E-state index contributed by atoms with van der Waals surface area (Å²) in [6, 6.07) is 2.33. The number of hydrogen-bond donors (Lipinski definition) is 1. The molecule has 4 nitrogen and oxygen atoms in total. The Balaban J connectivity index is 2.70. The Kier molecular flexibility index (Phi) is 3.13. The molecule has 82 valence electrons. The molecular weight excluding hydrogens is 213 g/mol. The molecule has 1 heterocycles. The number of primary amides is 1. The first-order valence-corrected chi connectivity index (χ1v) is 3.84. The van der Waals surface area contributed by atoms with Crippen LogP contribution < -0.4 is 10.5 Å². The van der Waals surface area contributed by atoms with E-state index in [4.69, 9.17) is 5.73 Å². The number of carbonyl (C=O) groups is 1. The van der Waals surface area contributed by atoms with Crippen molar-refractivity contribution in [1.29, 1.82) is 0 Å². The van der Waals surface area contributed by atoms with E-state index in [0.717, 1.165) is 12.3 Å². The normalized spacial score (nSPS) is 11.1. The van der Waals surface area contributed by atoms with Crippen LogP contribution in [0.2, 0.25) is 0 Å². The Morgan fingerprint density at radius 1 is 1.53 bits per heavy atom. The van der Waals surface area contributed by atoms with E-state index in [1.165, 1.54) is 6.07 Å². The summed E-state index contributed by atoms with van der Waals surface area (Å²) in [4.78, 5) is 14.2. The molecule has 0 saturated carbocycles. The molecule has 0 aliphatic heterocycles. The fourth-order valence-corrected chi connectivity index (χ4v) is 0.797. The van der Waals surface area contributed by atoms with Crippen LogP contribution in [0.25, 0.3) is 0 Å². The predicted octanol–water partition coefficient (Wildman–Crippen LogP) is 1.12. The summed E-state index contributed by atoms with van der Waals surface area (Å²) in [6.07, 6.45) is -3.30. The lowest BCUT2D eigenvalue weighted by molar-refractivity contribution is -0.154. The maximum Gasteiger partial charge on any atom is 0.422 e. The molecule has 0 spiro atoms. The van der Waals surface area contributed by atoms with Crippen LogP contribution in [0.15, 0.2) is 18.3 Å². The quantitative estimate of drug-likeness (QED) is 0.830. The SMILES string of the molecule is NC(=O)c1ccnc(OCC(F)(F)F)c1. The van der Waals surface area contributed by atoms with Gasteiger partial charge in [0.15, 0.2) is 6.61 Å². The number of halogens is 3. The third-order valence-electron chi connectivity index (χ3n) is 1.40. The zero-order valence-electron chi connectivity index (χ0n) is 7.41. The van der Waals surface area contributed by atoms with Crippen LogP contribution >= 0.6 is 0 Å². The summed E-state index contributed by atoms with van der Waals surface area (Å²) >= 11 is 0. The summed E-state index contributed by atoms with van der Waals surface area (Å²) in [5.41, 5.74) is 4.96. The largest absolute Gasteiger partial charge is 0.468 e. The van der Waals surface area contributed by atoms with Crippen molar-refractivity contribution in [2.75, 3.05) is 6.61 Å². The molecule has 0 bridgehead atoms. The fraction of sp³-hybridized carbons (Fsp3) is 0.250. The van der Waals surface area contributed by atoms with E-state index < -0.39 is 18.7 Å². The lowest BCUT2D eigenvalue weighted by Gasteiger charge is -2.08. The smallest absolute Gasteiger partial charge is 0.422 e. The molecule has 0 aromatic carbocycles. The van der Waals surface area contributed by atoms with Crippen LogP contribution in [0.1, 0.15) is 10.4 Å². The highest BCUT2D eigenvalue weighted by molar-refractivity contribution is 5.92. The zero-order chi connectivity index (χ0) is 11.5. The minimum absolute atomic E-state index is 0.0437. The Morgan fingerprint density at radius 2 is 2.20 bits per heavy atom. The molecule has 0 unspecified atom stereocenters. The molecule has 1 aromatic heterocycles. The summed E-state index contributed by atoms with van der Waals surface area (Å²) in [5, 5.41) is 0. The van der Waals surface area contributed by atoms with E-state index in [9.17, 15) is 18.0 Å². The number of aromatic nitrogens is 1. The van der Waals surface area contributed by atoms with Crippen LogP contribution in [0.5, 0.6) is 5.88 Å². The average Bonchev–Trinajstić information content (AvgIpc) is 2.14. The van der Waals surface area contributed by atoms with E-state index in [0.29, 0.717) is 0 Å². The van der Waals surface area contributed by atoms with Gasteiger partial charge in [0.1, 0.15) is 0 Å². The average molecular weight is 220 g/mol. The number of pyridine rings is 1. The number of alkyl halides is 3. The van der Waals surface area contributed by atoms with Crippen LogP contribution in [0.4, 0.5) is 13.2 Å². The Morgan fingerprint density at radius 3 is 2.73 bits per heavy atom. The van der Waals surface area contributed by atoms with Gasteiger partial charge in [-0.05, 0) is 6.07 Å². The van der Waals surface area contributed by atoms with Gasteiger partial charge in [-0.25, -0.2) is 4.98 Å².